The smallest absolute Gasteiger partial charge is 0.253 e. The number of carbonyl (C=O) groups excluding carboxylic acids is 2. The molecule has 8 nitrogen and oxygen atoms in total. The van der Waals surface area contributed by atoms with Crippen molar-refractivity contribution >= 4 is 33.2 Å². The van der Waals surface area contributed by atoms with Crippen LogP contribution in [0.25, 0.3) is 0 Å². The molecule has 0 radical (unpaired) electrons. The van der Waals surface area contributed by atoms with Crippen LogP contribution in [0.1, 0.15) is 35.7 Å². The third-order valence-corrected chi connectivity index (χ3v) is 6.42. The molecular weight excluding hydrogens is 430 g/mol. The van der Waals surface area contributed by atoms with Crippen molar-refractivity contribution in [1.29, 1.82) is 0 Å². The summed E-state index contributed by atoms with van der Waals surface area (Å²) in [6.07, 6.45) is 3.76. The molecule has 2 N–H and O–H groups in total. The second-order valence-corrected chi connectivity index (χ2v) is 9.64. The van der Waals surface area contributed by atoms with Crippen molar-refractivity contribution in [2.24, 2.45) is 0 Å². The summed E-state index contributed by atoms with van der Waals surface area (Å²) in [5, 5.41) is 5.51. The molecule has 1 aliphatic rings. The molecule has 3 rings (SSSR count). The summed E-state index contributed by atoms with van der Waals surface area (Å²) in [5.41, 5.74) is 2.09. The maximum atomic E-state index is 12.7. The van der Waals surface area contributed by atoms with Crippen LogP contribution < -0.4 is 14.9 Å². The fraction of sp³-hybridized carbons (Fsp3) is 0.391. The Bertz CT molecular complexity index is 1050. The first-order valence-electron chi connectivity index (χ1n) is 10.6. The highest BCUT2D eigenvalue weighted by atomic mass is 32.2. The molecule has 1 aliphatic heterocycles. The van der Waals surface area contributed by atoms with E-state index in [2.05, 4.69) is 10.6 Å². The number of nitrogens with zero attached hydrogens (tertiary/aromatic N) is 1. The van der Waals surface area contributed by atoms with Crippen LogP contribution in [0.4, 0.5) is 11.4 Å². The molecule has 9 heteroatoms. The SMILES string of the molecule is CCc1ccc(N(CC(=O)Nc2ccccc2C(=O)NC[C@H]2CCCO2)S(C)(=O)=O)cc1. The summed E-state index contributed by atoms with van der Waals surface area (Å²) in [7, 11) is -3.69. The topological polar surface area (TPSA) is 105 Å². The average Bonchev–Trinajstić information content (AvgIpc) is 3.29. The fourth-order valence-corrected chi connectivity index (χ4v) is 4.37. The zero-order valence-electron chi connectivity index (χ0n) is 18.3. The number of carbonyl (C=O) groups is 2. The van der Waals surface area contributed by atoms with Crippen molar-refractivity contribution in [2.75, 3.05) is 35.6 Å². The zero-order valence-corrected chi connectivity index (χ0v) is 19.2. The van der Waals surface area contributed by atoms with Gasteiger partial charge in [0.25, 0.3) is 5.91 Å². The van der Waals surface area contributed by atoms with E-state index in [1.165, 1.54) is 0 Å². The minimum Gasteiger partial charge on any atom is -0.376 e. The first kappa shape index (κ1) is 23.7. The van der Waals surface area contributed by atoms with E-state index in [1.807, 2.05) is 19.1 Å². The molecule has 1 saturated heterocycles. The molecule has 0 bridgehead atoms. The number of para-hydroxylation sites is 1. The van der Waals surface area contributed by atoms with Gasteiger partial charge in [0.1, 0.15) is 6.54 Å². The standard InChI is InChI=1S/C23H29N3O5S/c1-3-17-10-12-18(13-11-17)26(32(2,29)30)16-22(27)25-21-9-5-4-8-20(21)23(28)24-15-19-7-6-14-31-19/h4-5,8-13,19H,3,6-7,14-16H2,1-2H3,(H,24,28)(H,25,27)/t19-/m1/s1. The maximum absolute atomic E-state index is 12.7. The summed E-state index contributed by atoms with van der Waals surface area (Å²) in [4.78, 5) is 25.4. The van der Waals surface area contributed by atoms with Crippen LogP contribution in [0.5, 0.6) is 0 Å². The lowest BCUT2D eigenvalue weighted by Gasteiger charge is -2.22. The summed E-state index contributed by atoms with van der Waals surface area (Å²) >= 11 is 0. The van der Waals surface area contributed by atoms with Crippen LogP contribution in [0, 0.1) is 0 Å². The van der Waals surface area contributed by atoms with E-state index in [-0.39, 0.29) is 12.0 Å². The second kappa shape index (κ2) is 10.6. The van der Waals surface area contributed by atoms with Crippen LogP contribution in [-0.4, -0.2) is 52.3 Å². The Labute approximate surface area is 189 Å². The summed E-state index contributed by atoms with van der Waals surface area (Å²) in [6.45, 7) is 2.70. The zero-order chi connectivity index (χ0) is 23.1. The Morgan fingerprint density at radius 3 is 2.47 bits per heavy atom. The Hall–Kier alpha value is -2.91. The van der Waals surface area contributed by atoms with E-state index in [0.717, 1.165) is 35.4 Å². The first-order chi connectivity index (χ1) is 15.3. The highest BCUT2D eigenvalue weighted by molar-refractivity contribution is 7.92. The highest BCUT2D eigenvalue weighted by Crippen LogP contribution is 2.20. The third-order valence-electron chi connectivity index (χ3n) is 5.28. The normalized spacial score (nSPS) is 15.9. The predicted octanol–water partition coefficient (Wildman–Crippen LogP) is 2.56. The summed E-state index contributed by atoms with van der Waals surface area (Å²) in [5.74, 6) is -0.874. The van der Waals surface area contributed by atoms with Gasteiger partial charge >= 0.3 is 0 Å². The van der Waals surface area contributed by atoms with Crippen molar-refractivity contribution in [3.8, 4) is 0 Å². The average molecular weight is 460 g/mol. The molecular formula is C23H29N3O5S. The van der Waals surface area contributed by atoms with Crippen molar-refractivity contribution in [3.05, 3.63) is 59.7 Å². The van der Waals surface area contributed by atoms with Gasteiger partial charge in [0.15, 0.2) is 0 Å². The maximum Gasteiger partial charge on any atom is 0.253 e. The van der Waals surface area contributed by atoms with Gasteiger partial charge in [0.05, 0.1) is 29.3 Å². The number of amides is 2. The van der Waals surface area contributed by atoms with Crippen LogP contribution in [0.15, 0.2) is 48.5 Å². The van der Waals surface area contributed by atoms with Gasteiger partial charge in [-0.2, -0.15) is 0 Å². The van der Waals surface area contributed by atoms with Gasteiger partial charge < -0.3 is 15.4 Å². The number of sulfonamides is 1. The number of ether oxygens (including phenoxy) is 1. The quantitative estimate of drug-likeness (QED) is 0.600. The summed E-state index contributed by atoms with van der Waals surface area (Å²) in [6, 6.07) is 13.6. The van der Waals surface area contributed by atoms with E-state index in [9.17, 15) is 18.0 Å². The van der Waals surface area contributed by atoms with E-state index in [1.54, 1.807) is 36.4 Å². The molecule has 32 heavy (non-hydrogen) atoms. The van der Waals surface area contributed by atoms with Crippen molar-refractivity contribution in [3.63, 3.8) is 0 Å². The molecule has 1 heterocycles. The van der Waals surface area contributed by atoms with E-state index >= 15 is 0 Å². The molecule has 1 atom stereocenters. The van der Waals surface area contributed by atoms with Gasteiger partial charge in [-0.15, -0.1) is 0 Å². The number of anilines is 2. The number of aryl methyl sites for hydroxylation is 1. The van der Waals surface area contributed by atoms with Crippen molar-refractivity contribution < 1.29 is 22.7 Å². The number of hydrogen-bond acceptors (Lipinski definition) is 5. The van der Waals surface area contributed by atoms with E-state index < -0.39 is 22.5 Å². The van der Waals surface area contributed by atoms with Gasteiger partial charge in [0.2, 0.25) is 15.9 Å². The van der Waals surface area contributed by atoms with Crippen molar-refractivity contribution in [2.45, 2.75) is 32.3 Å². The molecule has 172 valence electrons. The Morgan fingerprint density at radius 1 is 1.12 bits per heavy atom. The largest absolute Gasteiger partial charge is 0.376 e. The van der Waals surface area contributed by atoms with E-state index in [4.69, 9.17) is 4.74 Å². The molecule has 2 aromatic carbocycles. The molecule has 1 fully saturated rings. The van der Waals surface area contributed by atoms with Crippen LogP contribution in [0.2, 0.25) is 0 Å². The molecule has 0 aromatic heterocycles. The Kier molecular flexibility index (Phi) is 7.87. The van der Waals surface area contributed by atoms with Gasteiger partial charge in [-0.05, 0) is 49.1 Å². The Balaban J connectivity index is 1.70. The molecule has 2 aromatic rings. The van der Waals surface area contributed by atoms with Gasteiger partial charge in [-0.1, -0.05) is 31.2 Å². The van der Waals surface area contributed by atoms with Crippen molar-refractivity contribution in [1.82, 2.24) is 5.32 Å². The van der Waals surface area contributed by atoms with Crippen LogP contribution in [0.3, 0.4) is 0 Å². The monoisotopic (exact) mass is 459 g/mol. The van der Waals surface area contributed by atoms with Gasteiger partial charge in [-0.25, -0.2) is 8.42 Å². The Morgan fingerprint density at radius 2 is 1.84 bits per heavy atom. The minimum absolute atomic E-state index is 0.00289. The highest BCUT2D eigenvalue weighted by Gasteiger charge is 2.22. The summed E-state index contributed by atoms with van der Waals surface area (Å²) < 4.78 is 31.2. The van der Waals surface area contributed by atoms with Gasteiger partial charge in [0, 0.05) is 13.2 Å². The predicted molar refractivity (Wildman–Crippen MR) is 124 cm³/mol. The van der Waals surface area contributed by atoms with Gasteiger partial charge in [-0.3, -0.25) is 13.9 Å². The molecule has 0 saturated carbocycles. The van der Waals surface area contributed by atoms with Crippen LogP contribution in [-0.2, 0) is 26.0 Å². The second-order valence-electron chi connectivity index (χ2n) is 7.73. The van der Waals surface area contributed by atoms with E-state index in [0.29, 0.717) is 30.1 Å². The third kappa shape index (κ3) is 6.30. The number of hydrogen-bond donors (Lipinski definition) is 2. The molecule has 0 unspecified atom stereocenters. The molecule has 0 spiro atoms. The number of benzene rings is 2. The lowest BCUT2D eigenvalue weighted by Crippen LogP contribution is -2.38. The molecule has 2 amide bonds. The number of rotatable bonds is 9. The molecule has 0 aliphatic carbocycles. The lowest BCUT2D eigenvalue weighted by atomic mass is 10.1. The lowest BCUT2D eigenvalue weighted by molar-refractivity contribution is -0.114. The minimum atomic E-state index is -3.69. The fourth-order valence-electron chi connectivity index (χ4n) is 3.52. The van der Waals surface area contributed by atoms with Crippen LogP contribution >= 0.6 is 0 Å². The number of nitrogens with one attached hydrogen (secondary N) is 2. The first-order valence-corrected chi connectivity index (χ1v) is 12.5.